The summed E-state index contributed by atoms with van der Waals surface area (Å²) in [5, 5.41) is 4.28. The first-order valence-corrected chi connectivity index (χ1v) is 6.37. The monoisotopic (exact) mass is 238 g/mol. The van der Waals surface area contributed by atoms with E-state index in [1.807, 2.05) is 6.07 Å². The number of aryl methyl sites for hydroxylation is 1. The van der Waals surface area contributed by atoms with Gasteiger partial charge in [0.05, 0.1) is 0 Å². The van der Waals surface area contributed by atoms with Crippen LogP contribution >= 0.6 is 11.6 Å². The lowest BCUT2D eigenvalue weighted by atomic mass is 10.1. The zero-order chi connectivity index (χ0) is 11.4. The van der Waals surface area contributed by atoms with Crippen molar-refractivity contribution in [3.05, 3.63) is 28.8 Å². The van der Waals surface area contributed by atoms with E-state index in [-0.39, 0.29) is 0 Å². The van der Waals surface area contributed by atoms with Crippen LogP contribution in [0.4, 0.5) is 5.69 Å². The van der Waals surface area contributed by atoms with Gasteiger partial charge in [0.15, 0.2) is 0 Å². The summed E-state index contributed by atoms with van der Waals surface area (Å²) >= 11 is 6.07. The van der Waals surface area contributed by atoms with E-state index < -0.39 is 0 Å². The summed E-state index contributed by atoms with van der Waals surface area (Å²) in [5.74, 6) is 0. The Morgan fingerprint density at radius 1 is 1.19 bits per heavy atom. The molecule has 0 amide bonds. The highest BCUT2D eigenvalue weighted by atomic mass is 35.5. The van der Waals surface area contributed by atoms with E-state index in [0.717, 1.165) is 31.2 Å². The average Bonchev–Trinajstić information content (AvgIpc) is 2.22. The maximum Gasteiger partial charge on any atom is 0.0426 e. The van der Waals surface area contributed by atoms with Crippen LogP contribution in [0.2, 0.25) is 5.02 Å². The van der Waals surface area contributed by atoms with Gasteiger partial charge in [-0.3, -0.25) is 0 Å². The number of nitrogens with zero attached hydrogens (tertiary/aromatic N) is 1. The van der Waals surface area contributed by atoms with Gasteiger partial charge in [-0.25, -0.2) is 0 Å². The molecule has 1 aromatic carbocycles. The first-order valence-electron chi connectivity index (χ1n) is 5.99. The van der Waals surface area contributed by atoms with Crippen molar-refractivity contribution in [1.29, 1.82) is 0 Å². The maximum absolute atomic E-state index is 6.07. The van der Waals surface area contributed by atoms with Gasteiger partial charge < -0.3 is 10.2 Å². The molecule has 3 heteroatoms. The molecule has 0 saturated carbocycles. The van der Waals surface area contributed by atoms with Gasteiger partial charge in [0.1, 0.15) is 0 Å². The van der Waals surface area contributed by atoms with E-state index in [9.17, 15) is 0 Å². The van der Waals surface area contributed by atoms with Crippen molar-refractivity contribution in [2.24, 2.45) is 0 Å². The summed E-state index contributed by atoms with van der Waals surface area (Å²) < 4.78 is 0. The Hall–Kier alpha value is -0.730. The van der Waals surface area contributed by atoms with Crippen LogP contribution in [-0.4, -0.2) is 26.2 Å². The second-order valence-corrected chi connectivity index (χ2v) is 4.81. The molecule has 0 atom stereocenters. The predicted octanol–water partition coefficient (Wildman–Crippen LogP) is 2.84. The summed E-state index contributed by atoms with van der Waals surface area (Å²) in [6.45, 7) is 6.58. The highest BCUT2D eigenvalue weighted by Crippen LogP contribution is 2.24. The molecule has 1 aliphatic heterocycles. The van der Waals surface area contributed by atoms with Gasteiger partial charge in [-0.05, 0) is 44.0 Å². The number of hydrogen-bond donors (Lipinski definition) is 1. The minimum absolute atomic E-state index is 0.829. The number of rotatable bonds is 1. The fourth-order valence-corrected chi connectivity index (χ4v) is 2.33. The van der Waals surface area contributed by atoms with E-state index in [1.165, 1.54) is 24.1 Å². The van der Waals surface area contributed by atoms with Gasteiger partial charge in [-0.15, -0.1) is 0 Å². The topological polar surface area (TPSA) is 15.3 Å². The largest absolute Gasteiger partial charge is 0.370 e. The van der Waals surface area contributed by atoms with Gasteiger partial charge in [-0.1, -0.05) is 17.7 Å². The molecule has 0 radical (unpaired) electrons. The number of hydrogen-bond acceptors (Lipinski definition) is 2. The van der Waals surface area contributed by atoms with Crippen molar-refractivity contribution in [3.63, 3.8) is 0 Å². The average molecular weight is 239 g/mol. The molecular weight excluding hydrogens is 220 g/mol. The van der Waals surface area contributed by atoms with Crippen LogP contribution < -0.4 is 10.2 Å². The lowest BCUT2D eigenvalue weighted by Gasteiger charge is -2.28. The lowest BCUT2D eigenvalue weighted by Crippen LogP contribution is -2.36. The number of halogens is 1. The highest BCUT2D eigenvalue weighted by Gasteiger charge is 2.11. The Bertz CT molecular complexity index is 344. The Kier molecular flexibility index (Phi) is 4.08. The zero-order valence-corrected chi connectivity index (χ0v) is 10.6. The van der Waals surface area contributed by atoms with Crippen molar-refractivity contribution in [3.8, 4) is 0 Å². The lowest BCUT2D eigenvalue weighted by molar-refractivity contribution is 0.566. The minimum atomic E-state index is 0.829. The standard InChI is InChI=1S/C13H19ClN2/c1-11-4-5-12(14)10-13(11)16-8-3-2-6-15-7-9-16/h4-5,10,15H,2-3,6-9H2,1H3. The molecule has 1 fully saturated rings. The Morgan fingerprint density at radius 3 is 2.94 bits per heavy atom. The van der Waals surface area contributed by atoms with Gasteiger partial charge >= 0.3 is 0 Å². The molecule has 16 heavy (non-hydrogen) atoms. The second-order valence-electron chi connectivity index (χ2n) is 4.37. The van der Waals surface area contributed by atoms with Crippen molar-refractivity contribution in [1.82, 2.24) is 5.32 Å². The van der Waals surface area contributed by atoms with E-state index in [2.05, 4.69) is 29.3 Å². The van der Waals surface area contributed by atoms with Crippen LogP contribution in [0.15, 0.2) is 18.2 Å². The molecule has 0 aromatic heterocycles. The van der Waals surface area contributed by atoms with E-state index in [1.54, 1.807) is 0 Å². The molecule has 1 aromatic rings. The minimum Gasteiger partial charge on any atom is -0.370 e. The number of nitrogens with one attached hydrogen (secondary N) is 1. The highest BCUT2D eigenvalue weighted by molar-refractivity contribution is 6.30. The third kappa shape index (κ3) is 2.89. The smallest absolute Gasteiger partial charge is 0.0426 e. The first kappa shape index (κ1) is 11.7. The van der Waals surface area contributed by atoms with Crippen LogP contribution in [0.1, 0.15) is 18.4 Å². The normalized spacial score (nSPS) is 18.0. The van der Waals surface area contributed by atoms with Crippen molar-refractivity contribution >= 4 is 17.3 Å². The third-order valence-electron chi connectivity index (χ3n) is 3.10. The Labute approximate surface area is 103 Å². The van der Waals surface area contributed by atoms with Gasteiger partial charge in [0.25, 0.3) is 0 Å². The molecule has 2 nitrogen and oxygen atoms in total. The summed E-state index contributed by atoms with van der Waals surface area (Å²) in [5.41, 5.74) is 2.60. The van der Waals surface area contributed by atoms with Gasteiger partial charge in [-0.2, -0.15) is 0 Å². The molecule has 0 bridgehead atoms. The van der Waals surface area contributed by atoms with Crippen molar-refractivity contribution in [2.45, 2.75) is 19.8 Å². The van der Waals surface area contributed by atoms with E-state index in [0.29, 0.717) is 0 Å². The van der Waals surface area contributed by atoms with Crippen molar-refractivity contribution in [2.75, 3.05) is 31.1 Å². The van der Waals surface area contributed by atoms with Crippen LogP contribution in [0.25, 0.3) is 0 Å². The van der Waals surface area contributed by atoms with Gasteiger partial charge in [0, 0.05) is 30.3 Å². The molecular formula is C13H19ClN2. The third-order valence-corrected chi connectivity index (χ3v) is 3.34. The molecule has 1 N–H and O–H groups in total. The summed E-state index contributed by atoms with van der Waals surface area (Å²) in [6.07, 6.45) is 2.51. The van der Waals surface area contributed by atoms with Crippen LogP contribution in [0.3, 0.4) is 0 Å². The summed E-state index contributed by atoms with van der Waals surface area (Å²) in [4.78, 5) is 2.44. The molecule has 88 valence electrons. The molecule has 2 rings (SSSR count). The molecule has 0 unspecified atom stereocenters. The predicted molar refractivity (Wildman–Crippen MR) is 70.5 cm³/mol. The number of benzene rings is 1. The SMILES string of the molecule is Cc1ccc(Cl)cc1N1CCCCNCC1. The Balaban J connectivity index is 2.16. The first-order chi connectivity index (χ1) is 7.77. The van der Waals surface area contributed by atoms with Gasteiger partial charge in [0.2, 0.25) is 0 Å². The molecule has 0 aliphatic carbocycles. The molecule has 0 spiro atoms. The zero-order valence-electron chi connectivity index (χ0n) is 9.80. The second kappa shape index (κ2) is 5.55. The number of anilines is 1. The summed E-state index contributed by atoms with van der Waals surface area (Å²) in [7, 11) is 0. The molecule has 1 saturated heterocycles. The molecule has 1 aliphatic rings. The Morgan fingerprint density at radius 2 is 2.06 bits per heavy atom. The van der Waals surface area contributed by atoms with E-state index >= 15 is 0 Å². The van der Waals surface area contributed by atoms with Crippen molar-refractivity contribution < 1.29 is 0 Å². The van der Waals surface area contributed by atoms with Crippen LogP contribution in [0, 0.1) is 6.92 Å². The fourth-order valence-electron chi connectivity index (χ4n) is 2.17. The fraction of sp³-hybridized carbons (Fsp3) is 0.538. The summed E-state index contributed by atoms with van der Waals surface area (Å²) in [6, 6.07) is 6.14. The van der Waals surface area contributed by atoms with Crippen LogP contribution in [0.5, 0.6) is 0 Å². The molecule has 1 heterocycles. The van der Waals surface area contributed by atoms with Crippen LogP contribution in [-0.2, 0) is 0 Å². The van der Waals surface area contributed by atoms with E-state index in [4.69, 9.17) is 11.6 Å². The maximum atomic E-state index is 6.07. The quantitative estimate of drug-likeness (QED) is 0.810.